The molecule has 1 aliphatic rings. The van der Waals surface area contributed by atoms with Gasteiger partial charge in [-0.2, -0.15) is 0 Å². The number of nitrogens with zero attached hydrogens (tertiary/aromatic N) is 1. The molecule has 0 bridgehead atoms. The zero-order chi connectivity index (χ0) is 16.9. The van der Waals surface area contributed by atoms with Gasteiger partial charge in [0.05, 0.1) is 14.2 Å². The average molecular weight is 347 g/mol. The van der Waals surface area contributed by atoms with Gasteiger partial charge in [0.15, 0.2) is 16.6 Å². The molecule has 1 amide bonds. The minimum absolute atomic E-state index is 0.0986. The molecule has 0 radical (unpaired) electrons. The van der Waals surface area contributed by atoms with E-state index in [1.807, 2.05) is 18.2 Å². The molecule has 0 saturated heterocycles. The number of nitrogens with one attached hydrogen (secondary N) is 2. The normalized spacial score (nSPS) is 14.4. The molecule has 1 saturated carbocycles. The number of hydrogen-bond donors (Lipinski definition) is 2. The van der Waals surface area contributed by atoms with Crippen molar-refractivity contribution in [2.24, 2.45) is 0 Å². The van der Waals surface area contributed by atoms with Crippen LogP contribution in [0, 0.1) is 0 Å². The predicted octanol–water partition coefficient (Wildman–Crippen LogP) is 3.58. The highest BCUT2D eigenvalue weighted by Crippen LogP contribution is 2.31. The molecular weight excluding hydrogens is 326 g/mol. The van der Waals surface area contributed by atoms with E-state index in [2.05, 4.69) is 15.6 Å². The van der Waals surface area contributed by atoms with Gasteiger partial charge in [0.25, 0.3) is 5.91 Å². The van der Waals surface area contributed by atoms with E-state index >= 15 is 0 Å². The van der Waals surface area contributed by atoms with Crippen molar-refractivity contribution in [3.8, 4) is 11.5 Å². The van der Waals surface area contributed by atoms with Gasteiger partial charge in [-0.3, -0.25) is 4.79 Å². The van der Waals surface area contributed by atoms with Crippen LogP contribution in [0.3, 0.4) is 0 Å². The number of thiazole rings is 1. The van der Waals surface area contributed by atoms with Crippen LogP contribution in [0.25, 0.3) is 0 Å². The topological polar surface area (TPSA) is 72.5 Å². The molecule has 128 valence electrons. The summed E-state index contributed by atoms with van der Waals surface area (Å²) in [7, 11) is 3.19. The fourth-order valence-electron chi connectivity index (χ4n) is 2.80. The average Bonchev–Trinajstić information content (AvgIpc) is 3.26. The van der Waals surface area contributed by atoms with Crippen molar-refractivity contribution in [3.63, 3.8) is 0 Å². The number of benzene rings is 1. The van der Waals surface area contributed by atoms with E-state index in [-0.39, 0.29) is 5.91 Å². The highest BCUT2D eigenvalue weighted by atomic mass is 32.1. The highest BCUT2D eigenvalue weighted by molar-refractivity contribution is 7.14. The van der Waals surface area contributed by atoms with Gasteiger partial charge < -0.3 is 20.1 Å². The van der Waals surface area contributed by atoms with Gasteiger partial charge in [-0.15, -0.1) is 11.3 Å². The first kappa shape index (κ1) is 16.6. The second-order valence-corrected chi connectivity index (χ2v) is 6.55. The van der Waals surface area contributed by atoms with Gasteiger partial charge in [-0.05, 0) is 25.0 Å². The van der Waals surface area contributed by atoms with Crippen molar-refractivity contribution in [1.29, 1.82) is 0 Å². The van der Waals surface area contributed by atoms with Crippen LogP contribution in [0.2, 0.25) is 0 Å². The number of carbonyl (C=O) groups is 1. The third kappa shape index (κ3) is 3.79. The number of rotatable bonds is 6. The number of methoxy groups -OCH3 is 2. The summed E-state index contributed by atoms with van der Waals surface area (Å²) < 4.78 is 10.5. The van der Waals surface area contributed by atoms with E-state index < -0.39 is 0 Å². The number of anilines is 2. The van der Waals surface area contributed by atoms with Crippen LogP contribution in [0.5, 0.6) is 11.5 Å². The van der Waals surface area contributed by atoms with Gasteiger partial charge >= 0.3 is 0 Å². The van der Waals surface area contributed by atoms with Gasteiger partial charge in [-0.1, -0.05) is 12.8 Å². The maximum absolute atomic E-state index is 12.2. The lowest BCUT2D eigenvalue weighted by molar-refractivity contribution is 0.0933. The van der Waals surface area contributed by atoms with Crippen molar-refractivity contribution in [2.75, 3.05) is 19.5 Å². The molecule has 0 atom stereocenters. The molecule has 2 N–H and O–H groups in total. The molecule has 1 fully saturated rings. The SMILES string of the molecule is COc1ccc(Nc2nc(C(=O)NC3CCCC3)cs2)cc1OC. The molecule has 2 aromatic rings. The molecule has 1 heterocycles. The minimum Gasteiger partial charge on any atom is -0.493 e. The summed E-state index contributed by atoms with van der Waals surface area (Å²) in [5.41, 5.74) is 1.28. The summed E-state index contributed by atoms with van der Waals surface area (Å²) in [5.74, 6) is 1.20. The zero-order valence-corrected chi connectivity index (χ0v) is 14.6. The summed E-state index contributed by atoms with van der Waals surface area (Å²) >= 11 is 1.40. The molecule has 0 unspecified atom stereocenters. The molecule has 3 rings (SSSR count). The van der Waals surface area contributed by atoms with Gasteiger partial charge in [0.2, 0.25) is 0 Å². The summed E-state index contributed by atoms with van der Waals surface area (Å²) in [4.78, 5) is 16.6. The monoisotopic (exact) mass is 347 g/mol. The Hall–Kier alpha value is -2.28. The molecule has 1 aromatic heterocycles. The van der Waals surface area contributed by atoms with E-state index in [0.29, 0.717) is 28.4 Å². The molecule has 6 nitrogen and oxygen atoms in total. The van der Waals surface area contributed by atoms with Crippen LogP contribution in [0.15, 0.2) is 23.6 Å². The molecular formula is C17H21N3O3S. The Morgan fingerprint density at radius 1 is 1.21 bits per heavy atom. The van der Waals surface area contributed by atoms with Crippen LogP contribution in [-0.4, -0.2) is 31.2 Å². The van der Waals surface area contributed by atoms with Crippen LogP contribution in [0.1, 0.15) is 36.2 Å². The second kappa shape index (κ2) is 7.53. The lowest BCUT2D eigenvalue weighted by Gasteiger charge is -2.10. The van der Waals surface area contributed by atoms with E-state index in [4.69, 9.17) is 9.47 Å². The smallest absolute Gasteiger partial charge is 0.271 e. The molecule has 1 aliphatic carbocycles. The van der Waals surface area contributed by atoms with Gasteiger partial charge in [0.1, 0.15) is 5.69 Å². The number of ether oxygens (including phenoxy) is 2. The van der Waals surface area contributed by atoms with Crippen LogP contribution >= 0.6 is 11.3 Å². The fourth-order valence-corrected chi connectivity index (χ4v) is 3.51. The molecule has 24 heavy (non-hydrogen) atoms. The summed E-state index contributed by atoms with van der Waals surface area (Å²) in [5, 5.41) is 8.67. The Morgan fingerprint density at radius 3 is 2.67 bits per heavy atom. The zero-order valence-electron chi connectivity index (χ0n) is 13.8. The second-order valence-electron chi connectivity index (χ2n) is 5.69. The first-order valence-corrected chi connectivity index (χ1v) is 8.83. The highest BCUT2D eigenvalue weighted by Gasteiger charge is 2.19. The molecule has 0 aliphatic heterocycles. The third-order valence-corrected chi connectivity index (χ3v) is 4.82. The summed E-state index contributed by atoms with van der Waals surface area (Å²) in [6.07, 6.45) is 4.50. The Balaban J connectivity index is 1.66. The summed E-state index contributed by atoms with van der Waals surface area (Å²) in [6, 6.07) is 5.82. The maximum Gasteiger partial charge on any atom is 0.271 e. The Morgan fingerprint density at radius 2 is 1.96 bits per heavy atom. The van der Waals surface area contributed by atoms with Crippen molar-refractivity contribution in [1.82, 2.24) is 10.3 Å². The lowest BCUT2D eigenvalue weighted by Crippen LogP contribution is -2.32. The van der Waals surface area contributed by atoms with Crippen molar-refractivity contribution in [2.45, 2.75) is 31.7 Å². The van der Waals surface area contributed by atoms with E-state index in [9.17, 15) is 4.79 Å². The number of aromatic nitrogens is 1. The molecule has 0 spiro atoms. The number of hydrogen-bond acceptors (Lipinski definition) is 6. The quantitative estimate of drug-likeness (QED) is 0.836. The van der Waals surface area contributed by atoms with E-state index in [1.165, 1.54) is 24.2 Å². The van der Waals surface area contributed by atoms with Crippen LogP contribution in [0.4, 0.5) is 10.8 Å². The standard InChI is InChI=1S/C17H21N3O3S/c1-22-14-8-7-12(9-15(14)23-2)19-17-20-13(10-24-17)16(21)18-11-5-3-4-6-11/h7-11H,3-6H2,1-2H3,(H,18,21)(H,19,20). The maximum atomic E-state index is 12.2. The first-order valence-electron chi connectivity index (χ1n) is 7.95. The lowest BCUT2D eigenvalue weighted by atomic mass is 10.2. The van der Waals surface area contributed by atoms with Crippen LogP contribution in [-0.2, 0) is 0 Å². The Bertz CT molecular complexity index is 711. The predicted molar refractivity (Wildman–Crippen MR) is 94.7 cm³/mol. The number of amides is 1. The third-order valence-electron chi connectivity index (χ3n) is 4.06. The van der Waals surface area contributed by atoms with E-state index in [0.717, 1.165) is 18.5 Å². The minimum atomic E-state index is -0.0986. The first-order chi connectivity index (χ1) is 11.7. The number of carbonyl (C=O) groups excluding carboxylic acids is 1. The van der Waals surface area contributed by atoms with Crippen LogP contribution < -0.4 is 20.1 Å². The van der Waals surface area contributed by atoms with E-state index in [1.54, 1.807) is 19.6 Å². The van der Waals surface area contributed by atoms with Gasteiger partial charge in [0, 0.05) is 23.2 Å². The molecule has 7 heteroatoms. The van der Waals surface area contributed by atoms with Crippen molar-refractivity contribution < 1.29 is 14.3 Å². The Labute approximate surface area is 145 Å². The largest absolute Gasteiger partial charge is 0.493 e. The van der Waals surface area contributed by atoms with Crippen molar-refractivity contribution in [3.05, 3.63) is 29.3 Å². The van der Waals surface area contributed by atoms with Crippen molar-refractivity contribution >= 4 is 28.1 Å². The molecule has 1 aromatic carbocycles. The Kier molecular flexibility index (Phi) is 5.20. The summed E-state index contributed by atoms with van der Waals surface area (Å²) in [6.45, 7) is 0. The fraction of sp³-hybridized carbons (Fsp3) is 0.412. The van der Waals surface area contributed by atoms with Gasteiger partial charge in [-0.25, -0.2) is 4.98 Å².